The third-order valence-electron chi connectivity index (χ3n) is 3.05. The van der Waals surface area contributed by atoms with E-state index in [0.717, 1.165) is 0 Å². The highest BCUT2D eigenvalue weighted by atomic mass is 15.2. The molecule has 0 aromatic heterocycles. The fourth-order valence-corrected chi connectivity index (χ4v) is 1.99. The van der Waals surface area contributed by atoms with Crippen LogP contribution >= 0.6 is 0 Å². The normalized spacial score (nSPS) is 30.8. The summed E-state index contributed by atoms with van der Waals surface area (Å²) in [6.07, 6.45) is 7.37. The summed E-state index contributed by atoms with van der Waals surface area (Å²) in [7, 11) is 0. The topological polar surface area (TPSA) is 3.24 Å². The molecule has 1 aliphatic heterocycles. The van der Waals surface area contributed by atoms with E-state index >= 15 is 0 Å². The zero-order valence-corrected chi connectivity index (χ0v) is 8.47. The highest BCUT2D eigenvalue weighted by Crippen LogP contribution is 2.29. The molecule has 1 rings (SSSR count). The summed E-state index contributed by atoms with van der Waals surface area (Å²) in [5, 5.41) is 0. The Hall–Kier alpha value is -0.300. The minimum atomic E-state index is 0.301. The number of hydrogen-bond donors (Lipinski definition) is 0. The van der Waals surface area contributed by atoms with E-state index in [2.05, 4.69) is 31.4 Å². The molecule has 12 heavy (non-hydrogen) atoms. The van der Waals surface area contributed by atoms with E-state index in [0.29, 0.717) is 5.54 Å². The van der Waals surface area contributed by atoms with Crippen LogP contribution in [0.1, 0.15) is 39.5 Å². The molecular formula is C11H21N. The summed E-state index contributed by atoms with van der Waals surface area (Å²) < 4.78 is 0. The Kier molecular flexibility index (Phi) is 3.33. The summed E-state index contributed by atoms with van der Waals surface area (Å²) in [6.45, 7) is 11.0. The zero-order chi connectivity index (χ0) is 9.03. The maximum atomic E-state index is 3.93. The van der Waals surface area contributed by atoms with Crippen LogP contribution in [0.15, 0.2) is 12.7 Å². The summed E-state index contributed by atoms with van der Waals surface area (Å²) in [6, 6.07) is 0. The molecule has 1 fully saturated rings. The Morgan fingerprint density at radius 3 is 2.92 bits per heavy atom. The lowest BCUT2D eigenvalue weighted by molar-refractivity contribution is 0.200. The van der Waals surface area contributed by atoms with Gasteiger partial charge in [0.15, 0.2) is 0 Å². The van der Waals surface area contributed by atoms with E-state index in [1.165, 1.54) is 38.8 Å². The molecular weight excluding hydrogens is 146 g/mol. The molecule has 0 aliphatic carbocycles. The summed E-state index contributed by atoms with van der Waals surface area (Å²) in [5.41, 5.74) is 0.301. The van der Waals surface area contributed by atoms with Gasteiger partial charge in [-0.3, -0.25) is 4.90 Å². The van der Waals surface area contributed by atoms with E-state index in [-0.39, 0.29) is 0 Å². The molecule has 1 saturated heterocycles. The molecule has 0 aromatic rings. The van der Waals surface area contributed by atoms with Crippen LogP contribution in [0.5, 0.6) is 0 Å². The van der Waals surface area contributed by atoms with Crippen molar-refractivity contribution in [2.75, 3.05) is 13.1 Å². The van der Waals surface area contributed by atoms with Crippen LogP contribution in [0.3, 0.4) is 0 Å². The summed E-state index contributed by atoms with van der Waals surface area (Å²) >= 11 is 0. The number of likely N-dealkylation sites (tertiary alicyclic amines) is 1. The number of hydrogen-bond acceptors (Lipinski definition) is 1. The smallest absolute Gasteiger partial charge is 0.0361 e. The second-order valence-corrected chi connectivity index (χ2v) is 4.01. The lowest BCUT2D eigenvalue weighted by Gasteiger charge is -2.32. The molecule has 0 amide bonds. The van der Waals surface area contributed by atoms with Crippen LogP contribution in [0.4, 0.5) is 0 Å². The first-order valence-corrected chi connectivity index (χ1v) is 5.11. The van der Waals surface area contributed by atoms with Crippen molar-refractivity contribution in [1.29, 1.82) is 0 Å². The Balaban J connectivity index is 2.46. The van der Waals surface area contributed by atoms with E-state index < -0.39 is 0 Å². The van der Waals surface area contributed by atoms with Gasteiger partial charge in [-0.05, 0) is 39.3 Å². The van der Waals surface area contributed by atoms with Crippen molar-refractivity contribution < 1.29 is 0 Å². The monoisotopic (exact) mass is 167 g/mol. The first kappa shape index (κ1) is 9.79. The maximum absolute atomic E-state index is 3.93. The third-order valence-corrected chi connectivity index (χ3v) is 3.05. The number of unbranched alkanes of at least 4 members (excludes halogenated alkanes) is 1. The van der Waals surface area contributed by atoms with Crippen LogP contribution < -0.4 is 0 Å². The van der Waals surface area contributed by atoms with Crippen molar-refractivity contribution in [3.05, 3.63) is 12.7 Å². The van der Waals surface area contributed by atoms with Crippen LogP contribution in [-0.4, -0.2) is 23.5 Å². The highest BCUT2D eigenvalue weighted by Gasteiger charge is 2.32. The van der Waals surface area contributed by atoms with Gasteiger partial charge in [-0.2, -0.15) is 0 Å². The lowest BCUT2D eigenvalue weighted by Crippen LogP contribution is -2.39. The van der Waals surface area contributed by atoms with Crippen molar-refractivity contribution in [2.24, 2.45) is 0 Å². The van der Waals surface area contributed by atoms with Crippen molar-refractivity contribution in [3.8, 4) is 0 Å². The average molecular weight is 167 g/mol. The fourth-order valence-electron chi connectivity index (χ4n) is 1.99. The molecule has 0 N–H and O–H groups in total. The molecule has 1 atom stereocenters. The van der Waals surface area contributed by atoms with Gasteiger partial charge in [0, 0.05) is 5.54 Å². The minimum absolute atomic E-state index is 0.301. The maximum Gasteiger partial charge on any atom is 0.0361 e. The van der Waals surface area contributed by atoms with Crippen molar-refractivity contribution >= 4 is 0 Å². The van der Waals surface area contributed by atoms with E-state index in [1.54, 1.807) is 0 Å². The van der Waals surface area contributed by atoms with Crippen LogP contribution in [0, 0.1) is 0 Å². The van der Waals surface area contributed by atoms with Gasteiger partial charge in [0.2, 0.25) is 0 Å². The molecule has 0 bridgehead atoms. The van der Waals surface area contributed by atoms with Gasteiger partial charge in [0.1, 0.15) is 0 Å². The van der Waals surface area contributed by atoms with Gasteiger partial charge < -0.3 is 0 Å². The molecule has 1 aliphatic rings. The lowest BCUT2D eigenvalue weighted by atomic mass is 9.99. The van der Waals surface area contributed by atoms with E-state index in [4.69, 9.17) is 0 Å². The first-order chi connectivity index (χ1) is 5.73. The molecule has 0 aromatic carbocycles. The SMILES string of the molecule is C=CC1(C)CCCN1CCCC. The van der Waals surface area contributed by atoms with Gasteiger partial charge in [0.25, 0.3) is 0 Å². The van der Waals surface area contributed by atoms with Gasteiger partial charge >= 0.3 is 0 Å². The van der Waals surface area contributed by atoms with Gasteiger partial charge in [0.05, 0.1) is 0 Å². The Labute approximate surface area is 76.5 Å². The quantitative estimate of drug-likeness (QED) is 0.582. The van der Waals surface area contributed by atoms with Crippen molar-refractivity contribution in [3.63, 3.8) is 0 Å². The molecule has 0 spiro atoms. The Morgan fingerprint density at radius 1 is 1.58 bits per heavy atom. The standard InChI is InChI=1S/C11H21N/c1-4-6-9-12-10-7-8-11(12,3)5-2/h5H,2,4,6-10H2,1,3H3. The predicted molar refractivity (Wildman–Crippen MR) is 54.3 cm³/mol. The Bertz CT molecular complexity index is 153. The fraction of sp³-hybridized carbons (Fsp3) is 0.818. The summed E-state index contributed by atoms with van der Waals surface area (Å²) in [5.74, 6) is 0. The average Bonchev–Trinajstić information content (AvgIpc) is 2.45. The molecule has 0 radical (unpaired) electrons. The van der Waals surface area contributed by atoms with E-state index in [9.17, 15) is 0 Å². The molecule has 1 nitrogen and oxygen atoms in total. The van der Waals surface area contributed by atoms with Gasteiger partial charge in [-0.15, -0.1) is 6.58 Å². The number of nitrogens with zero attached hydrogens (tertiary/aromatic N) is 1. The van der Waals surface area contributed by atoms with Crippen LogP contribution in [-0.2, 0) is 0 Å². The second kappa shape index (κ2) is 4.08. The van der Waals surface area contributed by atoms with E-state index in [1.807, 2.05) is 0 Å². The largest absolute Gasteiger partial charge is 0.294 e. The van der Waals surface area contributed by atoms with Crippen molar-refractivity contribution in [1.82, 2.24) is 4.90 Å². The zero-order valence-electron chi connectivity index (χ0n) is 8.47. The molecule has 70 valence electrons. The minimum Gasteiger partial charge on any atom is -0.294 e. The Morgan fingerprint density at radius 2 is 2.33 bits per heavy atom. The summed E-state index contributed by atoms with van der Waals surface area (Å²) in [4.78, 5) is 2.57. The van der Waals surface area contributed by atoms with Gasteiger partial charge in [-0.1, -0.05) is 19.4 Å². The van der Waals surface area contributed by atoms with Crippen LogP contribution in [0.25, 0.3) is 0 Å². The second-order valence-electron chi connectivity index (χ2n) is 4.01. The molecule has 1 heteroatoms. The van der Waals surface area contributed by atoms with Crippen LogP contribution in [0.2, 0.25) is 0 Å². The molecule has 1 heterocycles. The predicted octanol–water partition coefficient (Wildman–Crippen LogP) is 2.83. The van der Waals surface area contributed by atoms with Gasteiger partial charge in [-0.25, -0.2) is 0 Å². The molecule has 0 saturated carbocycles. The third kappa shape index (κ3) is 1.89. The highest BCUT2D eigenvalue weighted by molar-refractivity contribution is 5.04. The van der Waals surface area contributed by atoms with Crippen molar-refractivity contribution in [2.45, 2.75) is 45.1 Å². The number of rotatable bonds is 4. The first-order valence-electron chi connectivity index (χ1n) is 5.11. The molecule has 1 unspecified atom stereocenters.